The number of nitrogens with two attached hydrogens (primary N) is 1. The minimum atomic E-state index is -4.69. The maximum atomic E-state index is 12.6. The van der Waals surface area contributed by atoms with Crippen LogP contribution in [0.5, 0.6) is 0 Å². The van der Waals surface area contributed by atoms with E-state index in [4.69, 9.17) is 5.73 Å². The van der Waals surface area contributed by atoms with Gasteiger partial charge in [0.25, 0.3) is 0 Å². The third-order valence-electron chi connectivity index (χ3n) is 2.01. The van der Waals surface area contributed by atoms with Crippen molar-refractivity contribution in [2.45, 2.75) is 24.0 Å². The average molecular weight is 267 g/mol. The predicted octanol–water partition coefficient (Wildman–Crippen LogP) is 1.83. The molecule has 0 saturated carbocycles. The second-order valence-corrected chi connectivity index (χ2v) is 5.76. The Morgan fingerprint density at radius 1 is 1.29 bits per heavy atom. The molecule has 0 radical (unpaired) electrons. The molecule has 0 aliphatic rings. The Balaban J connectivity index is 3.33. The number of hydrogen-bond acceptors (Lipinski definition) is 3. The van der Waals surface area contributed by atoms with Crippen LogP contribution < -0.4 is 5.73 Å². The summed E-state index contributed by atoms with van der Waals surface area (Å²) in [6.45, 7) is 1.42. The first-order chi connectivity index (χ1) is 7.64. The van der Waals surface area contributed by atoms with E-state index in [1.807, 2.05) is 0 Å². The number of sulfone groups is 1. The Labute approximate surface area is 97.4 Å². The van der Waals surface area contributed by atoms with Gasteiger partial charge in [-0.3, -0.25) is 0 Å². The van der Waals surface area contributed by atoms with Gasteiger partial charge in [-0.05, 0) is 19.1 Å². The molecule has 0 spiro atoms. The first-order valence-corrected chi connectivity index (χ1v) is 6.44. The second-order valence-electron chi connectivity index (χ2n) is 3.75. The van der Waals surface area contributed by atoms with E-state index in [1.54, 1.807) is 0 Å². The van der Waals surface area contributed by atoms with Crippen LogP contribution in [0.4, 0.5) is 13.2 Å². The van der Waals surface area contributed by atoms with Crippen molar-refractivity contribution < 1.29 is 21.6 Å². The van der Waals surface area contributed by atoms with Crippen molar-refractivity contribution in [1.82, 2.24) is 0 Å². The minimum absolute atomic E-state index is 0.514. The summed E-state index contributed by atoms with van der Waals surface area (Å²) in [4.78, 5) is -0.718. The fraction of sp³-hybridized carbons (Fsp3) is 0.400. The fourth-order valence-electron chi connectivity index (χ4n) is 1.41. The summed E-state index contributed by atoms with van der Waals surface area (Å²) in [7, 11) is -4.02. The SMILES string of the molecule is CC(N)CS(=O)(=O)c1ccccc1C(F)(F)F. The number of benzene rings is 1. The molecule has 17 heavy (non-hydrogen) atoms. The van der Waals surface area contributed by atoms with Crippen LogP contribution in [0.15, 0.2) is 29.2 Å². The molecular formula is C10H12F3NO2S. The molecule has 1 rings (SSSR count). The van der Waals surface area contributed by atoms with Crippen LogP contribution in [0.2, 0.25) is 0 Å². The Bertz CT molecular complexity index is 495. The summed E-state index contributed by atoms with van der Waals surface area (Å²) in [6.07, 6.45) is -4.69. The molecule has 0 heterocycles. The third-order valence-corrected chi connectivity index (χ3v) is 4.00. The first-order valence-electron chi connectivity index (χ1n) is 4.79. The van der Waals surface area contributed by atoms with Gasteiger partial charge in [0.2, 0.25) is 0 Å². The summed E-state index contributed by atoms with van der Waals surface area (Å²) < 4.78 is 61.3. The molecule has 0 bridgehead atoms. The maximum absolute atomic E-state index is 12.6. The molecule has 0 saturated heterocycles. The second kappa shape index (κ2) is 4.66. The molecule has 1 unspecified atom stereocenters. The number of hydrogen-bond donors (Lipinski definition) is 1. The lowest BCUT2D eigenvalue weighted by Crippen LogP contribution is -2.27. The molecule has 1 atom stereocenters. The van der Waals surface area contributed by atoms with Gasteiger partial charge in [0, 0.05) is 6.04 Å². The van der Waals surface area contributed by atoms with Gasteiger partial charge in [-0.2, -0.15) is 13.2 Å². The van der Waals surface area contributed by atoms with Crippen LogP contribution in [0.3, 0.4) is 0 Å². The van der Waals surface area contributed by atoms with Crippen molar-refractivity contribution in [1.29, 1.82) is 0 Å². The summed E-state index contributed by atoms with van der Waals surface area (Å²) >= 11 is 0. The Morgan fingerprint density at radius 3 is 2.29 bits per heavy atom. The molecule has 0 fully saturated rings. The van der Waals surface area contributed by atoms with E-state index in [-0.39, 0.29) is 0 Å². The zero-order valence-electron chi connectivity index (χ0n) is 9.03. The van der Waals surface area contributed by atoms with Gasteiger partial charge < -0.3 is 5.73 Å². The summed E-state index contributed by atoms with van der Waals surface area (Å²) in [5.74, 6) is -0.514. The van der Waals surface area contributed by atoms with Crippen molar-refractivity contribution >= 4 is 9.84 Å². The van der Waals surface area contributed by atoms with Gasteiger partial charge in [0.05, 0.1) is 16.2 Å². The van der Waals surface area contributed by atoms with Crippen LogP contribution in [-0.4, -0.2) is 20.2 Å². The van der Waals surface area contributed by atoms with E-state index >= 15 is 0 Å². The van der Waals surface area contributed by atoms with Gasteiger partial charge >= 0.3 is 6.18 Å². The number of halogens is 3. The van der Waals surface area contributed by atoms with E-state index in [2.05, 4.69) is 0 Å². The number of alkyl halides is 3. The highest BCUT2D eigenvalue weighted by atomic mass is 32.2. The largest absolute Gasteiger partial charge is 0.417 e. The fourth-order valence-corrected chi connectivity index (χ4v) is 3.08. The summed E-state index contributed by atoms with van der Waals surface area (Å²) in [5, 5.41) is 0. The van der Waals surface area contributed by atoms with Crippen LogP contribution >= 0.6 is 0 Å². The molecule has 7 heteroatoms. The molecule has 0 aromatic heterocycles. The van der Waals surface area contributed by atoms with Gasteiger partial charge in [-0.15, -0.1) is 0 Å². The normalized spacial score (nSPS) is 14.6. The van der Waals surface area contributed by atoms with E-state index in [0.717, 1.165) is 18.2 Å². The smallest absolute Gasteiger partial charge is 0.327 e. The van der Waals surface area contributed by atoms with Crippen LogP contribution in [0.25, 0.3) is 0 Å². The van der Waals surface area contributed by atoms with Gasteiger partial charge in [-0.1, -0.05) is 12.1 Å². The minimum Gasteiger partial charge on any atom is -0.327 e. The Morgan fingerprint density at radius 2 is 1.82 bits per heavy atom. The monoisotopic (exact) mass is 267 g/mol. The molecule has 0 aliphatic carbocycles. The highest BCUT2D eigenvalue weighted by Crippen LogP contribution is 2.34. The highest BCUT2D eigenvalue weighted by molar-refractivity contribution is 7.91. The van der Waals surface area contributed by atoms with Gasteiger partial charge in [0.15, 0.2) is 9.84 Å². The molecule has 0 amide bonds. The molecule has 3 nitrogen and oxygen atoms in total. The zero-order chi connectivity index (χ0) is 13.3. The molecule has 1 aromatic carbocycles. The lowest BCUT2D eigenvalue weighted by Gasteiger charge is -2.14. The lowest BCUT2D eigenvalue weighted by atomic mass is 10.2. The lowest BCUT2D eigenvalue weighted by molar-refractivity contribution is -0.139. The van der Waals surface area contributed by atoms with Crippen molar-refractivity contribution in [2.24, 2.45) is 5.73 Å². The molecule has 0 aliphatic heterocycles. The zero-order valence-corrected chi connectivity index (χ0v) is 9.85. The van der Waals surface area contributed by atoms with Crippen LogP contribution in [-0.2, 0) is 16.0 Å². The van der Waals surface area contributed by atoms with E-state index in [1.165, 1.54) is 13.0 Å². The van der Waals surface area contributed by atoms with E-state index < -0.39 is 38.3 Å². The van der Waals surface area contributed by atoms with Crippen molar-refractivity contribution in [3.8, 4) is 0 Å². The van der Waals surface area contributed by atoms with Gasteiger partial charge in [0.1, 0.15) is 0 Å². The molecule has 96 valence electrons. The third kappa shape index (κ3) is 3.44. The van der Waals surface area contributed by atoms with E-state index in [9.17, 15) is 21.6 Å². The van der Waals surface area contributed by atoms with Crippen molar-refractivity contribution in [3.63, 3.8) is 0 Å². The molecule has 2 N–H and O–H groups in total. The summed E-state index contributed by atoms with van der Waals surface area (Å²) in [6, 6.07) is 3.37. The van der Waals surface area contributed by atoms with Crippen molar-refractivity contribution in [2.75, 3.05) is 5.75 Å². The topological polar surface area (TPSA) is 60.2 Å². The highest BCUT2D eigenvalue weighted by Gasteiger charge is 2.36. The average Bonchev–Trinajstić information content (AvgIpc) is 2.14. The predicted molar refractivity (Wildman–Crippen MR) is 57.1 cm³/mol. The molecule has 1 aromatic rings. The summed E-state index contributed by atoms with van der Waals surface area (Å²) in [5.41, 5.74) is 4.16. The Hall–Kier alpha value is -1.08. The standard InChI is InChI=1S/C10H12F3NO2S/c1-7(14)6-17(15,16)9-5-3-2-4-8(9)10(11,12)13/h2-5,7H,6,14H2,1H3. The van der Waals surface area contributed by atoms with Crippen molar-refractivity contribution in [3.05, 3.63) is 29.8 Å². The van der Waals surface area contributed by atoms with E-state index in [0.29, 0.717) is 0 Å². The Kier molecular flexibility index (Phi) is 3.83. The van der Waals surface area contributed by atoms with Crippen LogP contribution in [0.1, 0.15) is 12.5 Å². The van der Waals surface area contributed by atoms with Gasteiger partial charge in [-0.25, -0.2) is 8.42 Å². The van der Waals surface area contributed by atoms with Crippen LogP contribution in [0, 0.1) is 0 Å². The maximum Gasteiger partial charge on any atom is 0.417 e. The number of rotatable bonds is 3. The molecular weight excluding hydrogens is 255 g/mol. The first kappa shape index (κ1) is 14.0. The quantitative estimate of drug-likeness (QED) is 0.908.